The number of benzene rings is 3. The number of nitrogen functional groups attached to an aromatic ring is 1. The van der Waals surface area contributed by atoms with Gasteiger partial charge in [-0.3, -0.25) is 28.2 Å². The molecule has 28 nitrogen and oxygen atoms in total. The molecule has 0 atom stereocenters. The molecule has 33 heteroatoms. The Morgan fingerprint density at radius 3 is 1.98 bits per heavy atom. The average Bonchev–Trinajstić information content (AvgIpc) is 3.60. The zero-order valence-corrected chi connectivity index (χ0v) is 34.6. The summed E-state index contributed by atoms with van der Waals surface area (Å²) in [4.78, 5) is 52.2. The molecule has 3 aromatic carbocycles. The van der Waals surface area contributed by atoms with Crippen LogP contribution in [0.5, 0.6) is 0 Å². The van der Waals surface area contributed by atoms with E-state index in [1.807, 2.05) is 0 Å². The summed E-state index contributed by atoms with van der Waals surface area (Å²) >= 11 is 6.11. The minimum absolute atomic E-state index is 0.104. The summed E-state index contributed by atoms with van der Waals surface area (Å²) in [7, 11) is -18.5. The van der Waals surface area contributed by atoms with Crippen molar-refractivity contribution in [1.29, 1.82) is 0 Å². The Bertz CT molecular complexity index is 3540. The Hall–Kier alpha value is -6.91. The molecule has 63 heavy (non-hydrogen) atoms. The summed E-state index contributed by atoms with van der Waals surface area (Å²) in [6.45, 7) is -0.842. The second kappa shape index (κ2) is 17.1. The number of carboxylic acids is 1. The van der Waals surface area contributed by atoms with E-state index in [1.165, 1.54) is 12.1 Å². The lowest BCUT2D eigenvalue weighted by Crippen LogP contribution is -2.17. The topological polar surface area (TPSA) is 428 Å². The van der Waals surface area contributed by atoms with Gasteiger partial charge >= 0.3 is 27.5 Å². The number of nitrogens with zero attached hydrogens (tertiary/aromatic N) is 9. The number of aromatic carboxylic acids is 1. The number of halogens is 1. The fraction of sp³-hybridized carbons (Fsp3) is 0.0667. The number of aromatic amines is 1. The number of hydrogen-bond donors (Lipinski definition) is 7. The third-order valence-corrected chi connectivity index (χ3v) is 12.0. The average molecular weight is 971 g/mol. The van der Waals surface area contributed by atoms with E-state index < -0.39 is 108 Å². The highest BCUT2D eigenvalue weighted by molar-refractivity contribution is 7.91. The number of fused-ring (bicyclic) bond motifs is 1. The lowest BCUT2D eigenvalue weighted by Gasteiger charge is -2.07. The van der Waals surface area contributed by atoms with Crippen LogP contribution >= 0.6 is 11.6 Å². The van der Waals surface area contributed by atoms with E-state index in [-0.39, 0.29) is 43.3 Å². The molecule has 0 bridgehead atoms. The van der Waals surface area contributed by atoms with Crippen LogP contribution in [-0.2, 0) is 44.7 Å². The second-order valence-corrected chi connectivity index (χ2v) is 18.5. The van der Waals surface area contributed by atoms with Gasteiger partial charge in [-0.2, -0.15) is 49.4 Å². The first-order valence-corrected chi connectivity index (χ1v) is 22.7. The molecule has 3 aromatic heterocycles. The summed E-state index contributed by atoms with van der Waals surface area (Å²) < 4.78 is 126. The first-order chi connectivity index (χ1) is 29.3. The molecule has 6 aromatic rings. The fourth-order valence-electron chi connectivity index (χ4n) is 5.20. The van der Waals surface area contributed by atoms with E-state index >= 15 is 0 Å². The normalized spacial score (nSPS) is 13.1. The molecule has 8 N–H and O–H groups in total. The standard InChI is InChI=1S/C30H23ClN12O16S4/c31-28-35-29(33-14-1-6-17(7-2-14)60(48,49)12-11-59-63(56,57)58)37-30(36-28)34-16-5-10-20(62(53,54)55)19(13-16)39-41-22-24(32)43-25(44)21(23(27(46)47)42(43)26(22)45)40-38-15-3-8-18(9-4-15)61(50,51)52/h1-10,13H,11-12,32H2,(H,46,47)(H,50,51,52)(H,53,54,55)(H,56,57,58)(H2,33,34,35,36,37). The fourth-order valence-corrected chi connectivity index (χ4v) is 7.93. The lowest BCUT2D eigenvalue weighted by atomic mass is 10.3. The third kappa shape index (κ3) is 10.4. The van der Waals surface area contributed by atoms with Crippen molar-refractivity contribution in [3.8, 4) is 0 Å². The maximum absolute atomic E-state index is 13.5. The van der Waals surface area contributed by atoms with Gasteiger partial charge in [0, 0.05) is 5.69 Å². The van der Waals surface area contributed by atoms with E-state index in [0.717, 1.165) is 54.6 Å². The maximum atomic E-state index is 13.5. The zero-order valence-electron chi connectivity index (χ0n) is 30.6. The SMILES string of the molecule is Nc1c(N=Nc2cc(N=c3nc(Nc4ccc(S(=O)(=O)CCOS(=O)(=O)O)cc4)nc(Cl)[nH]3)ccc2S(=O)(=O)O)c(=O)n2c(C(=O)O)c(N=Nc3ccc(S(=O)(=O)O)cc3)c(=O)n12. The van der Waals surface area contributed by atoms with Gasteiger partial charge in [0.15, 0.2) is 32.7 Å². The molecule has 0 fully saturated rings. The maximum Gasteiger partial charge on any atom is 0.397 e. The molecular formula is C30H23ClN12O16S4. The summed E-state index contributed by atoms with van der Waals surface area (Å²) in [6.07, 6.45) is 0. The van der Waals surface area contributed by atoms with Crippen molar-refractivity contribution in [2.24, 2.45) is 25.4 Å². The molecule has 3 heterocycles. The first-order valence-electron chi connectivity index (χ1n) is 16.4. The highest BCUT2D eigenvalue weighted by Gasteiger charge is 2.30. The summed E-state index contributed by atoms with van der Waals surface area (Å²) in [5, 5.41) is 27.0. The number of carbonyl (C=O) groups is 1. The van der Waals surface area contributed by atoms with E-state index in [1.54, 1.807) is 0 Å². The minimum atomic E-state index is -5.05. The quantitative estimate of drug-likeness (QED) is 0.0572. The largest absolute Gasteiger partial charge is 0.476 e. The molecule has 0 amide bonds. The highest BCUT2D eigenvalue weighted by atomic mass is 35.5. The third-order valence-electron chi connectivity index (χ3n) is 7.90. The predicted molar refractivity (Wildman–Crippen MR) is 213 cm³/mol. The van der Waals surface area contributed by atoms with Crippen LogP contribution in [0.4, 0.5) is 45.9 Å². The van der Waals surface area contributed by atoms with Crippen molar-refractivity contribution in [2.45, 2.75) is 14.7 Å². The van der Waals surface area contributed by atoms with Gasteiger partial charge in [-0.15, -0.1) is 15.3 Å². The van der Waals surface area contributed by atoms with Crippen LogP contribution in [0.25, 0.3) is 0 Å². The molecule has 0 spiro atoms. The number of carboxylic acid groups (broad SMARTS) is 1. The lowest BCUT2D eigenvalue weighted by molar-refractivity contribution is 0.0688. The van der Waals surface area contributed by atoms with Crippen molar-refractivity contribution in [1.82, 2.24) is 24.0 Å². The molecule has 0 unspecified atom stereocenters. The van der Waals surface area contributed by atoms with Gasteiger partial charge in [-0.25, -0.2) is 22.4 Å². The number of azo groups is 2. The van der Waals surface area contributed by atoms with Crippen molar-refractivity contribution < 1.29 is 61.4 Å². The second-order valence-electron chi connectivity index (χ2n) is 12.1. The number of sulfone groups is 1. The van der Waals surface area contributed by atoms with Crippen molar-refractivity contribution >= 4 is 104 Å². The Kier molecular flexibility index (Phi) is 12.4. The summed E-state index contributed by atoms with van der Waals surface area (Å²) in [5.74, 6) is -3.64. The molecule has 0 radical (unpaired) electrons. The van der Waals surface area contributed by atoms with Crippen LogP contribution in [0.15, 0.2) is 116 Å². The van der Waals surface area contributed by atoms with Crippen molar-refractivity contribution in [3.05, 3.63) is 104 Å². The molecule has 330 valence electrons. The van der Waals surface area contributed by atoms with Crippen LogP contribution < -0.4 is 27.8 Å². The first kappa shape index (κ1) is 45.6. The van der Waals surface area contributed by atoms with Crippen LogP contribution in [0.2, 0.25) is 5.28 Å². The van der Waals surface area contributed by atoms with Crippen molar-refractivity contribution in [3.63, 3.8) is 0 Å². The Morgan fingerprint density at radius 2 is 1.38 bits per heavy atom. The summed E-state index contributed by atoms with van der Waals surface area (Å²) in [6, 6.07) is 11.8. The molecule has 0 saturated heterocycles. The van der Waals surface area contributed by atoms with Crippen LogP contribution in [0.1, 0.15) is 10.5 Å². The van der Waals surface area contributed by atoms with Gasteiger partial charge < -0.3 is 16.2 Å². The Labute approximate surface area is 355 Å². The summed E-state index contributed by atoms with van der Waals surface area (Å²) in [5.41, 5.74) is -0.411. The Balaban J connectivity index is 1.31. The number of nitrogens with two attached hydrogens (primary N) is 1. The molecule has 0 saturated carbocycles. The number of aromatic nitrogens is 5. The number of hydrogen-bond acceptors (Lipinski definition) is 21. The zero-order chi connectivity index (χ0) is 46.2. The number of rotatable bonds is 15. The van der Waals surface area contributed by atoms with E-state index in [2.05, 4.69) is 49.9 Å². The monoisotopic (exact) mass is 970 g/mol. The van der Waals surface area contributed by atoms with Gasteiger partial charge in [0.25, 0.3) is 20.2 Å². The van der Waals surface area contributed by atoms with Crippen LogP contribution in [0.3, 0.4) is 0 Å². The van der Waals surface area contributed by atoms with Crippen LogP contribution in [-0.4, -0.2) is 94.7 Å². The van der Waals surface area contributed by atoms with Gasteiger partial charge in [0.05, 0.1) is 33.5 Å². The van der Waals surface area contributed by atoms with Gasteiger partial charge in [0.1, 0.15) is 10.6 Å². The number of nitrogens with one attached hydrogen (secondary N) is 2. The van der Waals surface area contributed by atoms with E-state index in [0.29, 0.717) is 4.52 Å². The Morgan fingerprint density at radius 1 is 0.778 bits per heavy atom. The molecule has 6 rings (SSSR count). The van der Waals surface area contributed by atoms with Gasteiger partial charge in [-0.05, 0) is 78.3 Å². The highest BCUT2D eigenvalue weighted by Crippen LogP contribution is 2.32. The smallest absolute Gasteiger partial charge is 0.397 e. The van der Waals surface area contributed by atoms with Crippen LogP contribution in [0, 0.1) is 0 Å². The molecule has 0 aliphatic heterocycles. The molecule has 0 aliphatic carbocycles. The number of anilines is 3. The van der Waals surface area contributed by atoms with E-state index in [4.69, 9.17) is 26.4 Å². The predicted octanol–water partition coefficient (Wildman–Crippen LogP) is 2.14. The van der Waals surface area contributed by atoms with Gasteiger partial charge in [-0.1, -0.05) is 0 Å². The van der Waals surface area contributed by atoms with Crippen molar-refractivity contribution in [2.75, 3.05) is 23.4 Å². The molecular weight excluding hydrogens is 948 g/mol. The van der Waals surface area contributed by atoms with Gasteiger partial charge in [0.2, 0.25) is 16.9 Å². The minimum Gasteiger partial charge on any atom is -0.476 e. The molecule has 0 aliphatic rings. The number of H-pyrrole nitrogens is 1. The van der Waals surface area contributed by atoms with E-state index in [9.17, 15) is 57.7 Å².